The average molecular weight is 373 g/mol. The highest BCUT2D eigenvalue weighted by atomic mass is 16.5. The highest BCUT2D eigenvalue weighted by Crippen LogP contribution is 2.51. The molecule has 0 bridgehead atoms. The van der Waals surface area contributed by atoms with Gasteiger partial charge in [0.25, 0.3) is 0 Å². The summed E-state index contributed by atoms with van der Waals surface area (Å²) in [5.74, 6) is 1.46. The predicted molar refractivity (Wildman–Crippen MR) is 100 cm³/mol. The molecular formula is C20H23NO6. The molecule has 2 aromatic carbocycles. The lowest BCUT2D eigenvalue weighted by molar-refractivity contribution is -0.116. The van der Waals surface area contributed by atoms with E-state index < -0.39 is 0 Å². The summed E-state index contributed by atoms with van der Waals surface area (Å²) in [5, 5.41) is 12.9. The van der Waals surface area contributed by atoms with Crippen molar-refractivity contribution < 1.29 is 28.8 Å². The van der Waals surface area contributed by atoms with Crippen molar-refractivity contribution in [1.29, 1.82) is 0 Å². The largest absolute Gasteiger partial charge is 0.504 e. The Morgan fingerprint density at radius 1 is 1.07 bits per heavy atom. The van der Waals surface area contributed by atoms with Crippen LogP contribution in [0.3, 0.4) is 0 Å². The van der Waals surface area contributed by atoms with Crippen molar-refractivity contribution in [1.82, 2.24) is 0 Å². The van der Waals surface area contributed by atoms with Gasteiger partial charge in [-0.05, 0) is 24.6 Å². The molecule has 27 heavy (non-hydrogen) atoms. The van der Waals surface area contributed by atoms with Crippen molar-refractivity contribution in [3.63, 3.8) is 0 Å². The number of phenols is 1. The Morgan fingerprint density at radius 2 is 1.81 bits per heavy atom. The lowest BCUT2D eigenvalue weighted by Crippen LogP contribution is -2.24. The molecule has 0 fully saturated rings. The van der Waals surface area contributed by atoms with Gasteiger partial charge in [-0.3, -0.25) is 4.79 Å². The van der Waals surface area contributed by atoms with Crippen molar-refractivity contribution in [2.75, 3.05) is 33.3 Å². The summed E-state index contributed by atoms with van der Waals surface area (Å²) >= 11 is 0. The van der Waals surface area contributed by atoms with Gasteiger partial charge in [-0.25, -0.2) is 0 Å². The summed E-state index contributed by atoms with van der Waals surface area (Å²) < 4.78 is 22.0. The summed E-state index contributed by atoms with van der Waals surface area (Å²) in [6.07, 6.45) is 0.231. The van der Waals surface area contributed by atoms with Gasteiger partial charge in [0.05, 0.1) is 33.6 Å². The van der Waals surface area contributed by atoms with Gasteiger partial charge in [-0.2, -0.15) is 0 Å². The SMILES string of the molecule is CCOc1cc(C2CC(=O)Nc3cc(OC)c(OC)c(OC)c32)ccc1O. The van der Waals surface area contributed by atoms with Gasteiger partial charge in [0, 0.05) is 24.0 Å². The molecule has 1 heterocycles. The minimum Gasteiger partial charge on any atom is -0.504 e. The average Bonchev–Trinajstić information content (AvgIpc) is 2.67. The van der Waals surface area contributed by atoms with Crippen LogP contribution in [0.15, 0.2) is 24.3 Å². The fourth-order valence-corrected chi connectivity index (χ4v) is 3.42. The third kappa shape index (κ3) is 3.32. The molecule has 1 unspecified atom stereocenters. The van der Waals surface area contributed by atoms with E-state index in [9.17, 15) is 9.90 Å². The second-order valence-electron chi connectivity index (χ2n) is 6.07. The number of phenolic OH excluding ortho intramolecular Hbond substituents is 1. The molecule has 144 valence electrons. The highest BCUT2D eigenvalue weighted by molar-refractivity contribution is 5.97. The van der Waals surface area contributed by atoms with E-state index in [1.807, 2.05) is 6.92 Å². The van der Waals surface area contributed by atoms with Crippen molar-refractivity contribution in [3.8, 4) is 28.7 Å². The minimum absolute atomic E-state index is 0.0559. The van der Waals surface area contributed by atoms with Crippen molar-refractivity contribution in [2.45, 2.75) is 19.3 Å². The smallest absolute Gasteiger partial charge is 0.225 e. The number of hydrogen-bond donors (Lipinski definition) is 2. The Hall–Kier alpha value is -3.09. The third-order valence-corrected chi connectivity index (χ3v) is 4.57. The monoisotopic (exact) mass is 373 g/mol. The van der Waals surface area contributed by atoms with Gasteiger partial charge >= 0.3 is 0 Å². The van der Waals surface area contributed by atoms with E-state index in [4.69, 9.17) is 18.9 Å². The molecule has 3 rings (SSSR count). The lowest BCUT2D eigenvalue weighted by Gasteiger charge is -2.29. The predicted octanol–water partition coefficient (Wildman–Crippen LogP) is 3.29. The third-order valence-electron chi connectivity index (χ3n) is 4.57. The molecule has 2 N–H and O–H groups in total. The Balaban J connectivity index is 2.21. The number of carbonyl (C=O) groups is 1. The summed E-state index contributed by atoms with van der Waals surface area (Å²) in [5.41, 5.74) is 2.23. The number of hydrogen-bond acceptors (Lipinski definition) is 6. The quantitative estimate of drug-likeness (QED) is 0.808. The zero-order valence-corrected chi connectivity index (χ0v) is 15.8. The Bertz CT molecular complexity index is 864. The zero-order chi connectivity index (χ0) is 19.6. The van der Waals surface area contributed by atoms with E-state index in [1.54, 1.807) is 31.4 Å². The molecule has 7 heteroatoms. The van der Waals surface area contributed by atoms with Gasteiger partial charge in [-0.1, -0.05) is 6.07 Å². The number of benzene rings is 2. The van der Waals surface area contributed by atoms with E-state index >= 15 is 0 Å². The number of amides is 1. The van der Waals surface area contributed by atoms with Crippen molar-refractivity contribution in [3.05, 3.63) is 35.4 Å². The first kappa shape index (κ1) is 18.7. The summed E-state index contributed by atoms with van der Waals surface area (Å²) in [6.45, 7) is 2.27. The number of methoxy groups -OCH3 is 3. The van der Waals surface area contributed by atoms with E-state index in [0.717, 1.165) is 11.1 Å². The maximum Gasteiger partial charge on any atom is 0.225 e. The van der Waals surface area contributed by atoms with Gasteiger partial charge < -0.3 is 29.4 Å². The molecule has 2 aromatic rings. The first-order valence-electron chi connectivity index (χ1n) is 8.62. The Kier molecular flexibility index (Phi) is 5.30. The van der Waals surface area contributed by atoms with E-state index in [1.165, 1.54) is 14.2 Å². The van der Waals surface area contributed by atoms with Crippen molar-refractivity contribution in [2.24, 2.45) is 0 Å². The van der Waals surface area contributed by atoms with Crippen LogP contribution in [0.2, 0.25) is 0 Å². The molecule has 1 amide bonds. The zero-order valence-electron chi connectivity index (χ0n) is 15.8. The molecule has 7 nitrogen and oxygen atoms in total. The lowest BCUT2D eigenvalue weighted by atomic mass is 9.83. The van der Waals surface area contributed by atoms with Crippen LogP contribution in [0.1, 0.15) is 30.4 Å². The fourth-order valence-electron chi connectivity index (χ4n) is 3.42. The number of nitrogens with one attached hydrogen (secondary N) is 1. The first-order valence-corrected chi connectivity index (χ1v) is 8.62. The maximum atomic E-state index is 12.3. The number of anilines is 1. The van der Waals surface area contributed by atoms with Crippen LogP contribution >= 0.6 is 0 Å². The first-order chi connectivity index (χ1) is 13.0. The van der Waals surface area contributed by atoms with Gasteiger partial charge in [-0.15, -0.1) is 0 Å². The van der Waals surface area contributed by atoms with E-state index in [0.29, 0.717) is 35.3 Å². The van der Waals surface area contributed by atoms with Gasteiger partial charge in [0.1, 0.15) is 0 Å². The molecule has 0 aromatic heterocycles. The van der Waals surface area contributed by atoms with Crippen LogP contribution < -0.4 is 24.3 Å². The molecule has 0 radical (unpaired) electrons. The molecular weight excluding hydrogens is 350 g/mol. The molecule has 0 aliphatic carbocycles. The highest BCUT2D eigenvalue weighted by Gasteiger charge is 2.33. The molecule has 1 aliphatic heterocycles. The van der Waals surface area contributed by atoms with Crippen LogP contribution in [0.25, 0.3) is 0 Å². The van der Waals surface area contributed by atoms with E-state index in [-0.39, 0.29) is 24.0 Å². The van der Waals surface area contributed by atoms with Gasteiger partial charge in [0.15, 0.2) is 23.0 Å². The van der Waals surface area contributed by atoms with Gasteiger partial charge in [0.2, 0.25) is 11.7 Å². The van der Waals surface area contributed by atoms with Crippen molar-refractivity contribution >= 4 is 11.6 Å². The van der Waals surface area contributed by atoms with Crippen LogP contribution in [0, 0.1) is 0 Å². The molecule has 0 saturated carbocycles. The standard InChI is InChI=1S/C20H23NO6/c1-5-27-15-8-11(6-7-14(15)22)12-9-17(23)21-13-10-16(24-2)19(25-3)20(26-4)18(12)13/h6-8,10,12,22H,5,9H2,1-4H3,(H,21,23). The van der Waals surface area contributed by atoms with Crippen LogP contribution in [0.4, 0.5) is 5.69 Å². The number of fused-ring (bicyclic) bond motifs is 1. The van der Waals surface area contributed by atoms with Crippen LogP contribution in [-0.2, 0) is 4.79 Å². The Morgan fingerprint density at radius 3 is 2.44 bits per heavy atom. The summed E-state index contributed by atoms with van der Waals surface area (Å²) in [7, 11) is 4.62. The number of carbonyl (C=O) groups excluding carboxylic acids is 1. The second kappa shape index (κ2) is 7.65. The fraction of sp³-hybridized carbons (Fsp3) is 0.350. The van der Waals surface area contributed by atoms with Crippen LogP contribution in [0.5, 0.6) is 28.7 Å². The summed E-state index contributed by atoms with van der Waals surface area (Å²) in [6, 6.07) is 6.83. The molecule has 0 spiro atoms. The van der Waals surface area contributed by atoms with E-state index in [2.05, 4.69) is 5.32 Å². The topological polar surface area (TPSA) is 86.3 Å². The Labute approximate surface area is 157 Å². The number of rotatable bonds is 6. The maximum absolute atomic E-state index is 12.3. The second-order valence-corrected chi connectivity index (χ2v) is 6.07. The van der Waals surface area contributed by atoms with Crippen LogP contribution in [-0.4, -0.2) is 38.9 Å². The molecule has 1 aliphatic rings. The number of ether oxygens (including phenoxy) is 4. The molecule has 0 saturated heterocycles. The molecule has 1 atom stereocenters. The normalized spacial score (nSPS) is 15.6. The summed E-state index contributed by atoms with van der Waals surface area (Å²) in [4.78, 5) is 12.3. The number of aromatic hydroxyl groups is 1. The minimum atomic E-state index is -0.289.